The largest absolute Gasteiger partial charge is 0.479 e. The molecule has 4 rings (SSSR count). The first-order chi connectivity index (χ1) is 14.7. The summed E-state index contributed by atoms with van der Waals surface area (Å²) in [5.41, 5.74) is 5.17. The van der Waals surface area contributed by atoms with Gasteiger partial charge in [0.15, 0.2) is 6.10 Å². The van der Waals surface area contributed by atoms with Crippen LogP contribution < -0.4 is 4.90 Å². The minimum Gasteiger partial charge on any atom is -0.479 e. The van der Waals surface area contributed by atoms with Crippen LogP contribution in [0.2, 0.25) is 0 Å². The molecule has 0 radical (unpaired) electrons. The molecule has 1 atom stereocenters. The van der Waals surface area contributed by atoms with Gasteiger partial charge in [0.2, 0.25) is 0 Å². The monoisotopic (exact) mass is 441 g/mol. The maximum atomic E-state index is 11.4. The zero-order valence-electron chi connectivity index (χ0n) is 17.2. The third-order valence-electron chi connectivity index (χ3n) is 5.41. The number of carboxylic acid groups (broad SMARTS) is 1. The molecule has 0 saturated heterocycles. The Balaban J connectivity index is 1.33. The molecule has 1 aromatic carbocycles. The van der Waals surface area contributed by atoms with Crippen molar-refractivity contribution in [3.8, 4) is 0 Å². The van der Waals surface area contributed by atoms with E-state index in [0.29, 0.717) is 13.0 Å². The Morgan fingerprint density at radius 2 is 1.70 bits per heavy atom. The predicted octanol–water partition coefficient (Wildman–Crippen LogP) is 5.91. The van der Waals surface area contributed by atoms with E-state index in [1.807, 2.05) is 41.7 Å². The molecule has 3 heterocycles. The first kappa shape index (κ1) is 21.1. The van der Waals surface area contributed by atoms with Crippen LogP contribution in [0, 0.1) is 0 Å². The highest BCUT2D eigenvalue weighted by atomic mass is 32.1. The topological polar surface area (TPSA) is 49.8 Å². The van der Waals surface area contributed by atoms with Crippen LogP contribution in [0.5, 0.6) is 0 Å². The maximum absolute atomic E-state index is 11.4. The van der Waals surface area contributed by atoms with Crippen LogP contribution in [-0.2, 0) is 28.8 Å². The minimum absolute atomic E-state index is 0.408. The smallest absolute Gasteiger partial charge is 0.333 e. The number of aliphatic carboxylic acids is 1. The molecule has 0 bridgehead atoms. The van der Waals surface area contributed by atoms with Crippen molar-refractivity contribution >= 4 is 38.6 Å². The molecule has 0 spiro atoms. The quantitative estimate of drug-likeness (QED) is 0.425. The summed E-state index contributed by atoms with van der Waals surface area (Å²) in [6, 6.07) is 12.8. The average Bonchev–Trinajstić information content (AvgIpc) is 3.40. The van der Waals surface area contributed by atoms with Crippen LogP contribution in [0.25, 0.3) is 0 Å². The van der Waals surface area contributed by atoms with Crippen molar-refractivity contribution in [3.05, 3.63) is 69.4 Å². The van der Waals surface area contributed by atoms with E-state index in [9.17, 15) is 9.90 Å². The number of ether oxygens (including phenoxy) is 1. The lowest BCUT2D eigenvalue weighted by Gasteiger charge is -2.28. The van der Waals surface area contributed by atoms with Gasteiger partial charge in [0, 0.05) is 26.0 Å². The number of nitrogens with zero attached hydrogens (tertiary/aromatic N) is 1. The van der Waals surface area contributed by atoms with Crippen molar-refractivity contribution in [2.24, 2.45) is 0 Å². The highest BCUT2D eigenvalue weighted by molar-refractivity contribution is 7.17. The molecule has 0 aliphatic carbocycles. The molecule has 1 aliphatic heterocycles. The first-order valence-electron chi connectivity index (χ1n) is 10.5. The number of thiophene rings is 2. The van der Waals surface area contributed by atoms with Crippen molar-refractivity contribution in [2.75, 3.05) is 18.1 Å². The Labute approximate surface area is 185 Å². The van der Waals surface area contributed by atoms with Gasteiger partial charge in [-0.2, -0.15) is 0 Å². The van der Waals surface area contributed by atoms with Gasteiger partial charge in [-0.1, -0.05) is 31.2 Å². The summed E-state index contributed by atoms with van der Waals surface area (Å²) in [5, 5.41) is 16.5. The molecular weight excluding hydrogens is 414 g/mol. The summed E-state index contributed by atoms with van der Waals surface area (Å²) in [5.74, 6) is -0.894. The van der Waals surface area contributed by atoms with E-state index in [2.05, 4.69) is 39.9 Å². The van der Waals surface area contributed by atoms with E-state index < -0.39 is 12.1 Å². The van der Waals surface area contributed by atoms with E-state index in [4.69, 9.17) is 4.74 Å². The van der Waals surface area contributed by atoms with Crippen molar-refractivity contribution < 1.29 is 14.6 Å². The molecule has 1 N–H and O–H groups in total. The molecule has 1 unspecified atom stereocenters. The molecule has 3 aromatic rings. The van der Waals surface area contributed by atoms with Crippen LogP contribution in [0.4, 0.5) is 10.0 Å². The summed E-state index contributed by atoms with van der Waals surface area (Å²) < 4.78 is 5.46. The number of anilines is 2. The van der Waals surface area contributed by atoms with E-state index in [1.54, 1.807) is 0 Å². The molecule has 1 aliphatic rings. The summed E-state index contributed by atoms with van der Waals surface area (Å²) >= 11 is 3.67. The number of hydrogen-bond donors (Lipinski definition) is 1. The second kappa shape index (κ2) is 9.77. The number of rotatable bonds is 10. The molecule has 0 amide bonds. The summed E-state index contributed by atoms with van der Waals surface area (Å²) in [7, 11) is 0. The van der Waals surface area contributed by atoms with Crippen molar-refractivity contribution in [1.82, 2.24) is 0 Å². The van der Waals surface area contributed by atoms with Gasteiger partial charge < -0.3 is 14.7 Å². The molecule has 0 fully saturated rings. The van der Waals surface area contributed by atoms with Crippen LogP contribution in [-0.4, -0.2) is 30.3 Å². The van der Waals surface area contributed by atoms with E-state index in [-0.39, 0.29) is 0 Å². The number of carbonyl (C=O) groups is 1. The van der Waals surface area contributed by atoms with E-state index in [1.165, 1.54) is 26.7 Å². The van der Waals surface area contributed by atoms with Crippen LogP contribution in [0.15, 0.2) is 47.2 Å². The van der Waals surface area contributed by atoms with Crippen molar-refractivity contribution in [1.29, 1.82) is 0 Å². The number of carboxylic acids is 1. The molecule has 4 nitrogen and oxygen atoms in total. The van der Waals surface area contributed by atoms with E-state index >= 15 is 0 Å². The first-order valence-corrected chi connectivity index (χ1v) is 12.2. The highest BCUT2D eigenvalue weighted by Crippen LogP contribution is 2.44. The summed E-state index contributed by atoms with van der Waals surface area (Å²) in [6.45, 7) is 3.47. The fraction of sp³-hybridized carbons (Fsp3) is 0.375. The molecule has 158 valence electrons. The third kappa shape index (κ3) is 4.77. The lowest BCUT2D eigenvalue weighted by molar-refractivity contribution is -0.150. The second-order valence-electron chi connectivity index (χ2n) is 7.65. The Hall–Kier alpha value is -2.15. The Bertz CT molecular complexity index is 936. The zero-order valence-corrected chi connectivity index (χ0v) is 18.8. The fourth-order valence-electron chi connectivity index (χ4n) is 3.87. The number of fused-ring (bicyclic) bond motifs is 2. The number of aryl methyl sites for hydroxylation is 1. The number of benzene rings is 1. The lowest BCUT2D eigenvalue weighted by atomic mass is 10.0. The molecule has 30 heavy (non-hydrogen) atoms. The lowest BCUT2D eigenvalue weighted by Crippen LogP contribution is -2.26. The van der Waals surface area contributed by atoms with Gasteiger partial charge in [-0.3, -0.25) is 0 Å². The molecule has 6 heteroatoms. The highest BCUT2D eigenvalue weighted by Gasteiger charge is 2.24. The Kier molecular flexibility index (Phi) is 6.87. The third-order valence-corrected chi connectivity index (χ3v) is 7.36. The Morgan fingerprint density at radius 3 is 2.30 bits per heavy atom. The standard InChI is InChI=1S/C24H27NO3S2/c1-2-12-28-21(24(26)27)15-18-7-5-17(6-8-18)4-3-11-25-22-19(9-13-29-22)16-20-10-14-30-23(20)25/h5-10,13-14,21H,2-4,11-12,15-16H2,1H3,(H,26,27). The van der Waals surface area contributed by atoms with Gasteiger partial charge in [0.05, 0.1) is 10.0 Å². The predicted molar refractivity (Wildman–Crippen MR) is 125 cm³/mol. The van der Waals surface area contributed by atoms with Gasteiger partial charge in [0.1, 0.15) is 0 Å². The van der Waals surface area contributed by atoms with E-state index in [0.717, 1.165) is 37.8 Å². The van der Waals surface area contributed by atoms with Gasteiger partial charge in [-0.05, 0) is 64.4 Å². The summed E-state index contributed by atoms with van der Waals surface area (Å²) in [6.07, 6.45) is 3.59. The van der Waals surface area contributed by atoms with Crippen molar-refractivity contribution in [2.45, 2.75) is 45.1 Å². The number of hydrogen-bond acceptors (Lipinski definition) is 5. The van der Waals surface area contributed by atoms with Crippen LogP contribution >= 0.6 is 22.7 Å². The molecule has 2 aromatic heterocycles. The summed E-state index contributed by atoms with van der Waals surface area (Å²) in [4.78, 5) is 13.9. The maximum Gasteiger partial charge on any atom is 0.333 e. The fourth-order valence-corrected chi connectivity index (χ4v) is 5.86. The van der Waals surface area contributed by atoms with Crippen molar-refractivity contribution in [3.63, 3.8) is 0 Å². The van der Waals surface area contributed by atoms with Crippen LogP contribution in [0.1, 0.15) is 42.0 Å². The van der Waals surface area contributed by atoms with Gasteiger partial charge in [0.25, 0.3) is 0 Å². The van der Waals surface area contributed by atoms with Gasteiger partial charge in [-0.15, -0.1) is 22.7 Å². The van der Waals surface area contributed by atoms with Crippen LogP contribution in [0.3, 0.4) is 0 Å². The second-order valence-corrected chi connectivity index (χ2v) is 9.44. The average molecular weight is 442 g/mol. The SMILES string of the molecule is CCCOC(Cc1ccc(CCCN2c3sccc3Cc3ccsc32)cc1)C(=O)O. The molecule has 0 saturated carbocycles. The zero-order chi connectivity index (χ0) is 20.9. The molecular formula is C24H27NO3S2. The normalized spacial score (nSPS) is 13.7. The van der Waals surface area contributed by atoms with Gasteiger partial charge >= 0.3 is 5.97 Å². The Morgan fingerprint density at radius 1 is 1.07 bits per heavy atom. The minimum atomic E-state index is -0.894. The van der Waals surface area contributed by atoms with Gasteiger partial charge in [-0.25, -0.2) is 4.79 Å².